The summed E-state index contributed by atoms with van der Waals surface area (Å²) in [5, 5.41) is 7.88. The number of carbonyl (C=O) groups excluding carboxylic acids is 1. The molecular weight excluding hydrogens is 292 g/mol. The molecule has 0 aliphatic carbocycles. The van der Waals surface area contributed by atoms with Gasteiger partial charge < -0.3 is 10.1 Å². The molecule has 0 radical (unpaired) electrons. The van der Waals surface area contributed by atoms with Crippen molar-refractivity contribution in [2.45, 2.75) is 32.6 Å². The Hall–Kier alpha value is -1.60. The van der Waals surface area contributed by atoms with Crippen molar-refractivity contribution in [1.29, 1.82) is 0 Å². The van der Waals surface area contributed by atoms with Gasteiger partial charge in [-0.15, -0.1) is 0 Å². The summed E-state index contributed by atoms with van der Waals surface area (Å²) in [4.78, 5) is 11.7. The van der Waals surface area contributed by atoms with Gasteiger partial charge in [0.25, 0.3) is 5.91 Å². The van der Waals surface area contributed by atoms with Crippen LogP contribution in [0.15, 0.2) is 17.0 Å². The lowest BCUT2D eigenvalue weighted by Crippen LogP contribution is -2.31. The molecule has 118 valence electrons. The van der Waals surface area contributed by atoms with Crippen LogP contribution in [-0.4, -0.2) is 27.5 Å². The van der Waals surface area contributed by atoms with E-state index in [1.807, 2.05) is 13.8 Å². The number of nitrogens with two attached hydrogens (primary N) is 1. The van der Waals surface area contributed by atoms with Gasteiger partial charge >= 0.3 is 0 Å². The van der Waals surface area contributed by atoms with E-state index in [1.54, 1.807) is 19.9 Å². The third-order valence-electron chi connectivity index (χ3n) is 2.85. The van der Waals surface area contributed by atoms with Crippen LogP contribution in [-0.2, 0) is 14.8 Å². The summed E-state index contributed by atoms with van der Waals surface area (Å²) in [5.74, 6) is 0.628. The molecule has 1 rings (SSSR count). The van der Waals surface area contributed by atoms with E-state index in [4.69, 9.17) is 9.88 Å². The van der Waals surface area contributed by atoms with Crippen LogP contribution in [0.1, 0.15) is 25.0 Å². The van der Waals surface area contributed by atoms with Crippen molar-refractivity contribution in [3.8, 4) is 5.75 Å². The van der Waals surface area contributed by atoms with Crippen LogP contribution in [0.2, 0.25) is 0 Å². The first kappa shape index (κ1) is 17.5. The number of carbonyl (C=O) groups is 1. The second kappa shape index (κ2) is 6.91. The van der Waals surface area contributed by atoms with E-state index >= 15 is 0 Å². The Morgan fingerprint density at radius 1 is 1.29 bits per heavy atom. The Balaban J connectivity index is 2.78. The molecule has 0 atom stereocenters. The van der Waals surface area contributed by atoms with Crippen LogP contribution in [0.4, 0.5) is 0 Å². The van der Waals surface area contributed by atoms with Crippen molar-refractivity contribution in [2.24, 2.45) is 11.1 Å². The number of hydrogen-bond donors (Lipinski definition) is 2. The number of benzene rings is 1. The molecule has 0 spiro atoms. The van der Waals surface area contributed by atoms with E-state index < -0.39 is 10.0 Å². The molecule has 0 heterocycles. The Morgan fingerprint density at radius 2 is 1.90 bits per heavy atom. The predicted molar refractivity (Wildman–Crippen MR) is 80.6 cm³/mol. The summed E-state index contributed by atoms with van der Waals surface area (Å²) in [6.07, 6.45) is 0. The van der Waals surface area contributed by atoms with Gasteiger partial charge in [0.2, 0.25) is 10.0 Å². The molecule has 0 fully saturated rings. The normalized spacial score (nSPS) is 11.5. The number of rotatable bonds is 6. The zero-order chi connectivity index (χ0) is 16.2. The SMILES string of the molecule is Cc1cc(S(N)(=O)=O)c(C)cc1OCC(=O)NCC(C)C. The molecule has 21 heavy (non-hydrogen) atoms. The van der Waals surface area contributed by atoms with Crippen molar-refractivity contribution in [2.75, 3.05) is 13.2 Å². The fourth-order valence-electron chi connectivity index (χ4n) is 1.74. The summed E-state index contributed by atoms with van der Waals surface area (Å²) in [6.45, 7) is 7.81. The van der Waals surface area contributed by atoms with Crippen LogP contribution < -0.4 is 15.2 Å². The molecule has 0 aromatic heterocycles. The Labute approximate surface area is 125 Å². The Morgan fingerprint density at radius 3 is 2.43 bits per heavy atom. The maximum Gasteiger partial charge on any atom is 0.257 e. The molecule has 1 aromatic carbocycles. The number of nitrogens with one attached hydrogen (secondary N) is 1. The molecule has 0 bridgehead atoms. The standard InChI is InChI=1S/C14H22N2O4S/c1-9(2)7-16-14(17)8-20-12-5-11(4)13(6-10(12)3)21(15,18)19/h5-6,9H,7-8H2,1-4H3,(H,16,17)(H2,15,18,19). The zero-order valence-electron chi connectivity index (χ0n) is 12.8. The van der Waals surface area contributed by atoms with E-state index in [-0.39, 0.29) is 17.4 Å². The Bertz CT molecular complexity index is 624. The monoisotopic (exact) mass is 314 g/mol. The number of aryl methyl sites for hydroxylation is 2. The molecule has 0 aliphatic rings. The van der Waals surface area contributed by atoms with Crippen molar-refractivity contribution in [3.63, 3.8) is 0 Å². The van der Waals surface area contributed by atoms with Gasteiger partial charge in [0.1, 0.15) is 5.75 Å². The zero-order valence-corrected chi connectivity index (χ0v) is 13.6. The summed E-state index contributed by atoms with van der Waals surface area (Å²) in [5.41, 5.74) is 1.10. The van der Waals surface area contributed by atoms with Gasteiger partial charge in [-0.2, -0.15) is 0 Å². The van der Waals surface area contributed by atoms with Gasteiger partial charge in [0.15, 0.2) is 6.61 Å². The number of hydrogen-bond acceptors (Lipinski definition) is 4. The number of primary sulfonamides is 1. The van der Waals surface area contributed by atoms with E-state index in [0.29, 0.717) is 29.3 Å². The summed E-state index contributed by atoms with van der Waals surface area (Å²) >= 11 is 0. The van der Waals surface area contributed by atoms with Crippen molar-refractivity contribution in [1.82, 2.24) is 5.32 Å². The predicted octanol–water partition coefficient (Wildman–Crippen LogP) is 1.10. The topological polar surface area (TPSA) is 98.5 Å². The van der Waals surface area contributed by atoms with Crippen LogP contribution in [0.3, 0.4) is 0 Å². The van der Waals surface area contributed by atoms with Gasteiger partial charge in [-0.3, -0.25) is 4.79 Å². The molecule has 0 aliphatic heterocycles. The minimum Gasteiger partial charge on any atom is -0.483 e. The van der Waals surface area contributed by atoms with Crippen molar-refractivity contribution in [3.05, 3.63) is 23.3 Å². The van der Waals surface area contributed by atoms with Crippen LogP contribution in [0, 0.1) is 19.8 Å². The molecule has 1 aromatic rings. The van der Waals surface area contributed by atoms with Crippen LogP contribution >= 0.6 is 0 Å². The first-order chi connectivity index (χ1) is 9.61. The van der Waals surface area contributed by atoms with Crippen LogP contribution in [0.25, 0.3) is 0 Å². The number of ether oxygens (including phenoxy) is 1. The smallest absolute Gasteiger partial charge is 0.257 e. The quantitative estimate of drug-likeness (QED) is 0.821. The summed E-state index contributed by atoms with van der Waals surface area (Å²) in [6, 6.07) is 3.02. The van der Waals surface area contributed by atoms with E-state index in [9.17, 15) is 13.2 Å². The Kier molecular flexibility index (Phi) is 5.74. The van der Waals surface area contributed by atoms with E-state index in [0.717, 1.165) is 0 Å². The third kappa shape index (κ3) is 5.35. The minimum absolute atomic E-state index is 0.0663. The average Bonchev–Trinajstić information content (AvgIpc) is 2.35. The van der Waals surface area contributed by atoms with Gasteiger partial charge in [-0.25, -0.2) is 13.6 Å². The largest absolute Gasteiger partial charge is 0.483 e. The summed E-state index contributed by atoms with van der Waals surface area (Å²) < 4.78 is 28.2. The minimum atomic E-state index is -3.76. The summed E-state index contributed by atoms with van der Waals surface area (Å²) in [7, 11) is -3.76. The van der Waals surface area contributed by atoms with E-state index in [1.165, 1.54) is 6.07 Å². The van der Waals surface area contributed by atoms with Crippen molar-refractivity contribution >= 4 is 15.9 Å². The molecule has 6 nitrogen and oxygen atoms in total. The van der Waals surface area contributed by atoms with Gasteiger partial charge in [0.05, 0.1) is 4.90 Å². The lowest BCUT2D eigenvalue weighted by Gasteiger charge is -2.13. The second-order valence-electron chi connectivity index (χ2n) is 5.41. The maximum absolute atomic E-state index is 11.6. The number of amides is 1. The third-order valence-corrected chi connectivity index (χ3v) is 3.90. The highest BCUT2D eigenvalue weighted by Gasteiger charge is 2.15. The number of sulfonamides is 1. The molecular formula is C14H22N2O4S. The lowest BCUT2D eigenvalue weighted by atomic mass is 10.1. The maximum atomic E-state index is 11.6. The molecule has 0 saturated heterocycles. The highest BCUT2D eigenvalue weighted by Crippen LogP contribution is 2.25. The first-order valence-electron chi connectivity index (χ1n) is 6.64. The molecule has 1 amide bonds. The second-order valence-corrected chi connectivity index (χ2v) is 6.94. The first-order valence-corrected chi connectivity index (χ1v) is 8.19. The molecule has 0 unspecified atom stereocenters. The van der Waals surface area contributed by atoms with Gasteiger partial charge in [-0.05, 0) is 43.0 Å². The average molecular weight is 314 g/mol. The highest BCUT2D eigenvalue weighted by atomic mass is 32.2. The van der Waals surface area contributed by atoms with Gasteiger partial charge in [0, 0.05) is 6.54 Å². The fourth-order valence-corrected chi connectivity index (χ4v) is 2.59. The molecule has 0 saturated carbocycles. The highest BCUT2D eigenvalue weighted by molar-refractivity contribution is 7.89. The molecule has 3 N–H and O–H groups in total. The van der Waals surface area contributed by atoms with E-state index in [2.05, 4.69) is 5.32 Å². The van der Waals surface area contributed by atoms with Crippen molar-refractivity contribution < 1.29 is 17.9 Å². The molecule has 7 heteroatoms. The fraction of sp³-hybridized carbons (Fsp3) is 0.500. The lowest BCUT2D eigenvalue weighted by molar-refractivity contribution is -0.123. The van der Waals surface area contributed by atoms with Crippen LogP contribution in [0.5, 0.6) is 5.75 Å². The van der Waals surface area contributed by atoms with Gasteiger partial charge in [-0.1, -0.05) is 13.8 Å².